The number of hydrogen-bond donors (Lipinski definition) is 0. The Morgan fingerprint density at radius 2 is 2.06 bits per heavy atom. The summed E-state index contributed by atoms with van der Waals surface area (Å²) >= 11 is 0. The summed E-state index contributed by atoms with van der Waals surface area (Å²) in [4.78, 5) is 29.7. The summed E-state index contributed by atoms with van der Waals surface area (Å²) in [5.41, 5.74) is 0. The van der Waals surface area contributed by atoms with Crippen LogP contribution in [0.25, 0.3) is 0 Å². The highest BCUT2D eigenvalue weighted by Gasteiger charge is 2.51. The Bertz CT molecular complexity index is 342. The number of carbonyl (C=O) groups is 2. The molecule has 2 saturated heterocycles. The van der Waals surface area contributed by atoms with Gasteiger partial charge in [0.2, 0.25) is 0 Å². The maximum atomic E-state index is 12.3. The number of methoxy groups -OCH3 is 1. The van der Waals surface area contributed by atoms with Crippen LogP contribution in [0.15, 0.2) is 0 Å². The van der Waals surface area contributed by atoms with Crippen molar-refractivity contribution in [1.82, 2.24) is 5.06 Å². The van der Waals surface area contributed by atoms with Crippen LogP contribution in [0.5, 0.6) is 0 Å². The molecule has 2 aliphatic heterocycles. The van der Waals surface area contributed by atoms with Gasteiger partial charge in [0.1, 0.15) is 5.78 Å². The van der Waals surface area contributed by atoms with Crippen molar-refractivity contribution in [3.05, 3.63) is 0 Å². The summed E-state index contributed by atoms with van der Waals surface area (Å²) in [5.74, 6) is -0.811. The Kier molecular flexibility index (Phi) is 4.02. The van der Waals surface area contributed by atoms with E-state index in [-0.39, 0.29) is 23.7 Å². The number of carbonyl (C=O) groups excluding carboxylic acids is 2. The fourth-order valence-electron chi connectivity index (χ4n) is 2.86. The largest absolute Gasteiger partial charge is 0.467 e. The number of fused-ring (bicyclic) bond motifs is 1. The van der Waals surface area contributed by atoms with Gasteiger partial charge in [-0.2, -0.15) is 5.06 Å². The molecule has 0 aromatic rings. The number of hydroxylamine groups is 2. The van der Waals surface area contributed by atoms with Gasteiger partial charge in [-0.3, -0.25) is 9.63 Å². The van der Waals surface area contributed by atoms with Crippen LogP contribution in [0.4, 0.5) is 0 Å². The number of piperidine rings is 1. The van der Waals surface area contributed by atoms with Gasteiger partial charge in [0, 0.05) is 18.5 Å². The highest BCUT2D eigenvalue weighted by Crippen LogP contribution is 2.36. The molecule has 2 aliphatic rings. The van der Waals surface area contributed by atoms with E-state index in [1.807, 2.05) is 18.9 Å². The standard InChI is InChI=1S/C13H21NO4/c1-8(2)11(15)10-9-6-4-5-7-14(9)18-12(10)13(16)17-3/h8-10,12H,4-7H2,1-3H3/t9-,10+,12-/m1/s1. The molecule has 0 aliphatic carbocycles. The lowest BCUT2D eigenvalue weighted by Crippen LogP contribution is -2.42. The first-order valence-corrected chi connectivity index (χ1v) is 6.61. The van der Waals surface area contributed by atoms with Crippen molar-refractivity contribution in [2.75, 3.05) is 13.7 Å². The number of nitrogens with zero attached hydrogens (tertiary/aromatic N) is 1. The lowest BCUT2D eigenvalue weighted by Gasteiger charge is -2.29. The van der Waals surface area contributed by atoms with Crippen molar-refractivity contribution in [1.29, 1.82) is 0 Å². The molecule has 0 saturated carbocycles. The second-order valence-corrected chi connectivity index (χ2v) is 5.34. The first-order chi connectivity index (χ1) is 8.56. The molecule has 5 heteroatoms. The second-order valence-electron chi connectivity index (χ2n) is 5.34. The molecule has 18 heavy (non-hydrogen) atoms. The number of Topliss-reactive ketones (excluding diaryl/α,β-unsaturated/α-hetero) is 1. The molecule has 0 unspecified atom stereocenters. The Balaban J connectivity index is 2.23. The van der Waals surface area contributed by atoms with E-state index < -0.39 is 12.1 Å². The number of ether oxygens (including phenoxy) is 1. The molecule has 3 atom stereocenters. The van der Waals surface area contributed by atoms with E-state index >= 15 is 0 Å². The van der Waals surface area contributed by atoms with Gasteiger partial charge in [-0.25, -0.2) is 4.79 Å². The molecule has 5 nitrogen and oxygen atoms in total. The highest BCUT2D eigenvalue weighted by molar-refractivity contribution is 5.90. The van der Waals surface area contributed by atoms with Crippen molar-refractivity contribution in [3.63, 3.8) is 0 Å². The summed E-state index contributed by atoms with van der Waals surface area (Å²) < 4.78 is 4.76. The quantitative estimate of drug-likeness (QED) is 0.709. The van der Waals surface area contributed by atoms with Crippen LogP contribution >= 0.6 is 0 Å². The summed E-state index contributed by atoms with van der Waals surface area (Å²) in [5, 5.41) is 1.82. The Morgan fingerprint density at radius 3 is 2.67 bits per heavy atom. The van der Waals surface area contributed by atoms with Gasteiger partial charge in [0.15, 0.2) is 6.10 Å². The topological polar surface area (TPSA) is 55.8 Å². The minimum Gasteiger partial charge on any atom is -0.467 e. The molecule has 0 aromatic carbocycles. The Hall–Kier alpha value is -0.940. The SMILES string of the molecule is COC(=O)[C@@H]1ON2CCCC[C@@H]2[C@H]1C(=O)C(C)C. The van der Waals surface area contributed by atoms with Gasteiger partial charge in [-0.1, -0.05) is 20.3 Å². The molecular weight excluding hydrogens is 234 g/mol. The monoisotopic (exact) mass is 255 g/mol. The summed E-state index contributed by atoms with van der Waals surface area (Å²) in [6.07, 6.45) is 2.29. The minimum atomic E-state index is -0.756. The smallest absolute Gasteiger partial charge is 0.337 e. The first-order valence-electron chi connectivity index (χ1n) is 6.61. The number of esters is 1. The zero-order chi connectivity index (χ0) is 13.3. The lowest BCUT2D eigenvalue weighted by molar-refractivity contribution is -0.192. The van der Waals surface area contributed by atoms with Gasteiger partial charge < -0.3 is 4.74 Å². The van der Waals surface area contributed by atoms with Crippen LogP contribution in [0.1, 0.15) is 33.1 Å². The van der Waals surface area contributed by atoms with Crippen molar-refractivity contribution in [3.8, 4) is 0 Å². The molecule has 2 heterocycles. The van der Waals surface area contributed by atoms with Crippen LogP contribution in [0.2, 0.25) is 0 Å². The van der Waals surface area contributed by atoms with Crippen LogP contribution in [0, 0.1) is 11.8 Å². The average Bonchev–Trinajstić information content (AvgIpc) is 2.75. The predicted octanol–water partition coefficient (Wildman–Crippen LogP) is 1.17. The van der Waals surface area contributed by atoms with Gasteiger partial charge >= 0.3 is 5.97 Å². The minimum absolute atomic E-state index is 0.0396. The van der Waals surface area contributed by atoms with Crippen molar-refractivity contribution < 1.29 is 19.2 Å². The van der Waals surface area contributed by atoms with E-state index in [0.717, 1.165) is 25.8 Å². The van der Waals surface area contributed by atoms with Gasteiger partial charge in [0.05, 0.1) is 13.0 Å². The van der Waals surface area contributed by atoms with E-state index in [1.54, 1.807) is 0 Å². The molecule has 0 N–H and O–H groups in total. The molecular formula is C13H21NO4. The molecule has 0 aromatic heterocycles. The molecule has 0 amide bonds. The van der Waals surface area contributed by atoms with Crippen LogP contribution in [-0.2, 0) is 19.2 Å². The van der Waals surface area contributed by atoms with E-state index in [1.165, 1.54) is 7.11 Å². The Morgan fingerprint density at radius 1 is 1.33 bits per heavy atom. The number of hydrogen-bond acceptors (Lipinski definition) is 5. The van der Waals surface area contributed by atoms with Crippen molar-refractivity contribution in [2.45, 2.75) is 45.3 Å². The van der Waals surface area contributed by atoms with Crippen molar-refractivity contribution in [2.24, 2.45) is 11.8 Å². The van der Waals surface area contributed by atoms with E-state index in [2.05, 4.69) is 0 Å². The third-order valence-corrected chi connectivity index (χ3v) is 3.82. The molecule has 2 fully saturated rings. The van der Waals surface area contributed by atoms with Crippen molar-refractivity contribution >= 4 is 11.8 Å². The lowest BCUT2D eigenvalue weighted by atomic mass is 9.82. The van der Waals surface area contributed by atoms with Gasteiger partial charge in [-0.05, 0) is 12.8 Å². The summed E-state index contributed by atoms with van der Waals surface area (Å²) in [7, 11) is 1.33. The zero-order valence-electron chi connectivity index (χ0n) is 11.2. The molecule has 102 valence electrons. The third-order valence-electron chi connectivity index (χ3n) is 3.82. The summed E-state index contributed by atoms with van der Waals surface area (Å²) in [6, 6.07) is 0.0396. The normalized spacial score (nSPS) is 32.3. The maximum absolute atomic E-state index is 12.3. The van der Waals surface area contributed by atoms with E-state index in [4.69, 9.17) is 9.57 Å². The maximum Gasteiger partial charge on any atom is 0.337 e. The highest BCUT2D eigenvalue weighted by atomic mass is 16.7. The fraction of sp³-hybridized carbons (Fsp3) is 0.846. The van der Waals surface area contributed by atoms with E-state index in [9.17, 15) is 9.59 Å². The van der Waals surface area contributed by atoms with Crippen LogP contribution in [0.3, 0.4) is 0 Å². The molecule has 0 radical (unpaired) electrons. The number of rotatable bonds is 3. The Labute approximate surface area is 107 Å². The van der Waals surface area contributed by atoms with Gasteiger partial charge in [0.25, 0.3) is 0 Å². The molecule has 2 rings (SSSR count). The van der Waals surface area contributed by atoms with Crippen LogP contribution < -0.4 is 0 Å². The predicted molar refractivity (Wildman–Crippen MR) is 64.6 cm³/mol. The second kappa shape index (κ2) is 5.36. The van der Waals surface area contributed by atoms with E-state index in [0.29, 0.717) is 0 Å². The first kappa shape index (κ1) is 13.5. The third kappa shape index (κ3) is 2.29. The average molecular weight is 255 g/mol. The van der Waals surface area contributed by atoms with Gasteiger partial charge in [-0.15, -0.1) is 0 Å². The molecule has 0 bridgehead atoms. The zero-order valence-corrected chi connectivity index (χ0v) is 11.2. The number of ketones is 1. The van der Waals surface area contributed by atoms with Crippen LogP contribution in [-0.4, -0.2) is 42.6 Å². The fourth-order valence-corrected chi connectivity index (χ4v) is 2.86. The summed E-state index contributed by atoms with van der Waals surface area (Å²) in [6.45, 7) is 4.52. The molecule has 0 spiro atoms.